The van der Waals surface area contributed by atoms with Crippen LogP contribution in [0.1, 0.15) is 26.7 Å². The van der Waals surface area contributed by atoms with Crippen LogP contribution in [0.25, 0.3) is 0 Å². The van der Waals surface area contributed by atoms with Gasteiger partial charge in [0, 0.05) is 26.6 Å². The topological polar surface area (TPSA) is 40.5 Å². The number of likely N-dealkylation sites (tertiary alicyclic amines) is 1. The van der Waals surface area contributed by atoms with E-state index in [1.807, 2.05) is 11.8 Å². The van der Waals surface area contributed by atoms with Gasteiger partial charge in [0.25, 0.3) is 0 Å². The lowest BCUT2D eigenvalue weighted by molar-refractivity contribution is -0.131. The number of amides is 1. The quantitative estimate of drug-likeness (QED) is 0.693. The van der Waals surface area contributed by atoms with Crippen molar-refractivity contribution in [2.75, 3.05) is 19.7 Å². The number of rotatable bonds is 2. The van der Waals surface area contributed by atoms with E-state index in [-0.39, 0.29) is 12.5 Å². The third kappa shape index (κ3) is 2.69. The summed E-state index contributed by atoms with van der Waals surface area (Å²) in [4.78, 5) is 13.0. The van der Waals surface area contributed by atoms with E-state index in [4.69, 9.17) is 5.11 Å². The van der Waals surface area contributed by atoms with Crippen molar-refractivity contribution in [2.45, 2.75) is 26.7 Å². The maximum atomic E-state index is 11.1. The van der Waals surface area contributed by atoms with Gasteiger partial charge in [-0.2, -0.15) is 0 Å². The summed E-state index contributed by atoms with van der Waals surface area (Å²) in [6.45, 7) is 5.62. The second kappa shape index (κ2) is 4.61. The van der Waals surface area contributed by atoms with Crippen LogP contribution in [0.4, 0.5) is 0 Å². The van der Waals surface area contributed by atoms with Gasteiger partial charge in [-0.25, -0.2) is 0 Å². The summed E-state index contributed by atoms with van der Waals surface area (Å²) in [5, 5.41) is 9.01. The monoisotopic (exact) mass is 185 g/mol. The van der Waals surface area contributed by atoms with E-state index in [9.17, 15) is 4.79 Å². The molecule has 13 heavy (non-hydrogen) atoms. The number of piperidine rings is 1. The number of carbonyl (C=O) groups excluding carboxylic acids is 1. The highest BCUT2D eigenvalue weighted by atomic mass is 16.3. The molecule has 1 N–H and O–H groups in total. The first-order valence-corrected chi connectivity index (χ1v) is 5.01. The van der Waals surface area contributed by atoms with Crippen LogP contribution in [0.2, 0.25) is 0 Å². The Labute approximate surface area is 79.7 Å². The van der Waals surface area contributed by atoms with E-state index in [1.54, 1.807) is 6.92 Å². The molecule has 0 aromatic carbocycles. The molecule has 1 heterocycles. The van der Waals surface area contributed by atoms with Gasteiger partial charge in [0.1, 0.15) is 0 Å². The van der Waals surface area contributed by atoms with Crippen molar-refractivity contribution in [3.05, 3.63) is 0 Å². The molecule has 1 aliphatic rings. The Morgan fingerprint density at radius 3 is 2.92 bits per heavy atom. The molecule has 2 atom stereocenters. The minimum atomic E-state index is 0.162. The van der Waals surface area contributed by atoms with Gasteiger partial charge >= 0.3 is 0 Å². The third-order valence-electron chi connectivity index (χ3n) is 3.00. The fourth-order valence-electron chi connectivity index (χ4n) is 1.91. The Morgan fingerprint density at radius 2 is 2.38 bits per heavy atom. The van der Waals surface area contributed by atoms with Crippen LogP contribution in [0.3, 0.4) is 0 Å². The molecule has 0 radical (unpaired) electrons. The lowest BCUT2D eigenvalue weighted by atomic mass is 9.87. The van der Waals surface area contributed by atoms with Crippen LogP contribution >= 0.6 is 0 Å². The van der Waals surface area contributed by atoms with Gasteiger partial charge in [-0.05, 0) is 24.7 Å². The Balaban J connectivity index is 2.46. The first-order chi connectivity index (χ1) is 6.15. The van der Waals surface area contributed by atoms with Gasteiger partial charge in [0.2, 0.25) is 5.91 Å². The van der Waals surface area contributed by atoms with Crippen molar-refractivity contribution < 1.29 is 9.90 Å². The van der Waals surface area contributed by atoms with Crippen molar-refractivity contribution in [3.63, 3.8) is 0 Å². The summed E-state index contributed by atoms with van der Waals surface area (Å²) < 4.78 is 0. The molecule has 2 unspecified atom stereocenters. The average Bonchev–Trinajstić information content (AvgIpc) is 2.17. The van der Waals surface area contributed by atoms with Crippen LogP contribution in [0, 0.1) is 11.8 Å². The number of hydrogen-bond donors (Lipinski definition) is 1. The second-order valence-corrected chi connectivity index (χ2v) is 4.03. The van der Waals surface area contributed by atoms with Gasteiger partial charge in [-0.15, -0.1) is 0 Å². The second-order valence-electron chi connectivity index (χ2n) is 4.03. The summed E-state index contributed by atoms with van der Waals surface area (Å²) >= 11 is 0. The van der Waals surface area contributed by atoms with Crippen LogP contribution in [-0.2, 0) is 4.79 Å². The number of aliphatic hydroxyl groups excluding tert-OH is 1. The molecule has 1 aliphatic heterocycles. The molecule has 0 bridgehead atoms. The minimum Gasteiger partial charge on any atom is -0.396 e. The molecule has 0 aromatic heterocycles. The minimum absolute atomic E-state index is 0.162. The van der Waals surface area contributed by atoms with E-state index in [0.29, 0.717) is 11.8 Å². The highest BCUT2D eigenvalue weighted by Gasteiger charge is 2.25. The highest BCUT2D eigenvalue weighted by Crippen LogP contribution is 2.23. The summed E-state index contributed by atoms with van der Waals surface area (Å²) in [6.07, 6.45) is 2.22. The molecule has 0 saturated carbocycles. The zero-order valence-corrected chi connectivity index (χ0v) is 8.49. The standard InChI is InChI=1S/C10H19NO2/c1-8(7-12)10-4-3-5-11(6-10)9(2)13/h8,10,12H,3-7H2,1-2H3. The molecule has 0 spiro atoms. The number of nitrogens with zero attached hydrogens (tertiary/aromatic N) is 1. The molecule has 0 aliphatic carbocycles. The maximum absolute atomic E-state index is 11.1. The number of aliphatic hydroxyl groups is 1. The molecule has 1 fully saturated rings. The zero-order chi connectivity index (χ0) is 9.84. The van der Waals surface area contributed by atoms with Crippen molar-refractivity contribution >= 4 is 5.91 Å². The molecule has 1 rings (SSSR count). The van der Waals surface area contributed by atoms with E-state index < -0.39 is 0 Å². The third-order valence-corrected chi connectivity index (χ3v) is 3.00. The highest BCUT2D eigenvalue weighted by molar-refractivity contribution is 5.73. The molecular formula is C10H19NO2. The molecule has 3 heteroatoms. The van der Waals surface area contributed by atoms with Crippen LogP contribution in [0.15, 0.2) is 0 Å². The van der Waals surface area contributed by atoms with Crippen molar-refractivity contribution in [3.8, 4) is 0 Å². The van der Waals surface area contributed by atoms with E-state index >= 15 is 0 Å². The first kappa shape index (κ1) is 10.5. The smallest absolute Gasteiger partial charge is 0.219 e. The Morgan fingerprint density at radius 1 is 1.69 bits per heavy atom. The fourth-order valence-corrected chi connectivity index (χ4v) is 1.91. The van der Waals surface area contributed by atoms with Gasteiger partial charge < -0.3 is 10.0 Å². The number of carbonyl (C=O) groups is 1. The van der Waals surface area contributed by atoms with Crippen molar-refractivity contribution in [2.24, 2.45) is 11.8 Å². The molecule has 3 nitrogen and oxygen atoms in total. The van der Waals surface area contributed by atoms with Crippen LogP contribution in [-0.4, -0.2) is 35.6 Å². The largest absolute Gasteiger partial charge is 0.396 e. The van der Waals surface area contributed by atoms with Crippen molar-refractivity contribution in [1.82, 2.24) is 4.90 Å². The zero-order valence-electron chi connectivity index (χ0n) is 8.49. The van der Waals surface area contributed by atoms with Crippen LogP contribution in [0.5, 0.6) is 0 Å². The van der Waals surface area contributed by atoms with Gasteiger partial charge in [0.15, 0.2) is 0 Å². The predicted octanol–water partition coefficient (Wildman–Crippen LogP) is 0.873. The molecule has 1 amide bonds. The van der Waals surface area contributed by atoms with Gasteiger partial charge in [-0.3, -0.25) is 4.79 Å². The van der Waals surface area contributed by atoms with Gasteiger partial charge in [0.05, 0.1) is 0 Å². The molecule has 1 saturated heterocycles. The maximum Gasteiger partial charge on any atom is 0.219 e. The van der Waals surface area contributed by atoms with Gasteiger partial charge in [-0.1, -0.05) is 6.92 Å². The lowest BCUT2D eigenvalue weighted by Crippen LogP contribution is -2.41. The Kier molecular flexibility index (Phi) is 3.72. The predicted molar refractivity (Wildman–Crippen MR) is 51.2 cm³/mol. The Hall–Kier alpha value is -0.570. The summed E-state index contributed by atoms with van der Waals surface area (Å²) in [6, 6.07) is 0. The van der Waals surface area contributed by atoms with E-state index in [0.717, 1.165) is 25.9 Å². The van der Waals surface area contributed by atoms with Crippen molar-refractivity contribution in [1.29, 1.82) is 0 Å². The molecule has 0 aromatic rings. The number of hydrogen-bond acceptors (Lipinski definition) is 2. The SMILES string of the molecule is CC(=O)N1CCCC(C(C)CO)C1. The normalized spacial score (nSPS) is 25.8. The summed E-state index contributed by atoms with van der Waals surface area (Å²) in [5.41, 5.74) is 0. The van der Waals surface area contributed by atoms with Crippen LogP contribution < -0.4 is 0 Å². The lowest BCUT2D eigenvalue weighted by Gasteiger charge is -2.34. The molecular weight excluding hydrogens is 166 g/mol. The summed E-state index contributed by atoms with van der Waals surface area (Å²) in [7, 11) is 0. The Bertz CT molecular complexity index is 182. The summed E-state index contributed by atoms with van der Waals surface area (Å²) in [5.74, 6) is 0.972. The van der Waals surface area contributed by atoms with E-state index in [2.05, 4.69) is 0 Å². The first-order valence-electron chi connectivity index (χ1n) is 5.01. The molecule has 76 valence electrons. The average molecular weight is 185 g/mol. The van der Waals surface area contributed by atoms with E-state index in [1.165, 1.54) is 0 Å². The fraction of sp³-hybridized carbons (Fsp3) is 0.900.